The molecule has 0 amide bonds. The monoisotopic (exact) mass is 230 g/mol. The van der Waals surface area contributed by atoms with Gasteiger partial charge in [0.2, 0.25) is 0 Å². The van der Waals surface area contributed by atoms with Gasteiger partial charge < -0.3 is 4.74 Å². The second-order valence-electron chi connectivity index (χ2n) is 3.54. The molecule has 3 heteroatoms. The molecule has 0 heterocycles. The fourth-order valence-corrected chi connectivity index (χ4v) is 1.41. The van der Waals surface area contributed by atoms with Crippen LogP contribution in [0.3, 0.4) is 0 Å². The van der Waals surface area contributed by atoms with Gasteiger partial charge in [-0.25, -0.2) is 4.39 Å². The quantitative estimate of drug-likeness (QED) is 0.754. The van der Waals surface area contributed by atoms with Crippen molar-refractivity contribution in [3.63, 3.8) is 0 Å². The van der Waals surface area contributed by atoms with Crippen LogP contribution in [0, 0.1) is 5.82 Å². The Balaban J connectivity index is 1.98. The first kappa shape index (κ1) is 11.3. The minimum absolute atomic E-state index is 0.0898. The Bertz CT molecular complexity index is 509. The Kier molecular flexibility index (Phi) is 3.50. The van der Waals surface area contributed by atoms with E-state index in [1.165, 1.54) is 18.2 Å². The summed E-state index contributed by atoms with van der Waals surface area (Å²) in [5.74, 6) is -0.0406. The first-order valence-corrected chi connectivity index (χ1v) is 5.22. The number of rotatable bonds is 4. The first-order chi connectivity index (χ1) is 8.25. The molecule has 0 aliphatic rings. The number of para-hydroxylation sites is 1. The Labute approximate surface area is 98.7 Å². The maximum Gasteiger partial charge on any atom is 0.200 e. The summed E-state index contributed by atoms with van der Waals surface area (Å²) in [6, 6.07) is 14.6. The van der Waals surface area contributed by atoms with Gasteiger partial charge in [-0.1, -0.05) is 30.3 Å². The number of carbonyl (C=O) groups is 1. The fourth-order valence-electron chi connectivity index (χ4n) is 1.41. The van der Waals surface area contributed by atoms with Crippen LogP contribution in [-0.2, 0) is 0 Å². The van der Waals surface area contributed by atoms with Gasteiger partial charge in [0.05, 0.1) is 0 Å². The van der Waals surface area contributed by atoms with E-state index in [0.29, 0.717) is 11.3 Å². The van der Waals surface area contributed by atoms with Gasteiger partial charge in [0.15, 0.2) is 12.4 Å². The lowest BCUT2D eigenvalue weighted by Gasteiger charge is -2.05. The van der Waals surface area contributed by atoms with E-state index >= 15 is 0 Å². The van der Waals surface area contributed by atoms with E-state index in [4.69, 9.17) is 4.74 Å². The van der Waals surface area contributed by atoms with Crippen molar-refractivity contribution in [3.8, 4) is 5.75 Å². The topological polar surface area (TPSA) is 26.3 Å². The number of halogens is 1. The number of carbonyl (C=O) groups excluding carboxylic acids is 1. The van der Waals surface area contributed by atoms with Crippen LogP contribution in [0.5, 0.6) is 5.75 Å². The Hall–Kier alpha value is -2.16. The standard InChI is InChI=1S/C14H11FO2/c15-12-6-4-5-11(9-12)14(16)10-17-13-7-2-1-3-8-13/h1-9H,10H2. The second-order valence-corrected chi connectivity index (χ2v) is 3.54. The Morgan fingerprint density at radius 3 is 2.53 bits per heavy atom. The van der Waals surface area contributed by atoms with Gasteiger partial charge in [-0.3, -0.25) is 4.79 Å². The molecule has 0 atom stereocenters. The lowest BCUT2D eigenvalue weighted by atomic mass is 10.1. The highest BCUT2D eigenvalue weighted by atomic mass is 19.1. The van der Waals surface area contributed by atoms with E-state index in [-0.39, 0.29) is 12.4 Å². The molecule has 0 spiro atoms. The zero-order valence-electron chi connectivity index (χ0n) is 9.10. The van der Waals surface area contributed by atoms with Gasteiger partial charge in [0.1, 0.15) is 11.6 Å². The molecule has 2 rings (SSSR count). The van der Waals surface area contributed by atoms with Crippen LogP contribution >= 0.6 is 0 Å². The van der Waals surface area contributed by atoms with E-state index in [9.17, 15) is 9.18 Å². The molecular formula is C14H11FO2. The van der Waals surface area contributed by atoms with Crippen LogP contribution in [0.25, 0.3) is 0 Å². The molecule has 0 bridgehead atoms. The van der Waals surface area contributed by atoms with E-state index in [1.54, 1.807) is 18.2 Å². The molecule has 2 aromatic rings. The smallest absolute Gasteiger partial charge is 0.200 e. The van der Waals surface area contributed by atoms with Crippen molar-refractivity contribution < 1.29 is 13.9 Å². The fraction of sp³-hybridized carbons (Fsp3) is 0.0714. The number of ketones is 1. The van der Waals surface area contributed by atoms with Gasteiger partial charge in [-0.05, 0) is 24.3 Å². The normalized spacial score (nSPS) is 9.94. The number of hydrogen-bond donors (Lipinski definition) is 0. The van der Waals surface area contributed by atoms with E-state index in [2.05, 4.69) is 0 Å². The van der Waals surface area contributed by atoms with Gasteiger partial charge in [-0.15, -0.1) is 0 Å². The molecule has 0 aliphatic carbocycles. The molecule has 0 saturated heterocycles. The molecule has 2 aromatic carbocycles. The van der Waals surface area contributed by atoms with Crippen molar-refractivity contribution >= 4 is 5.78 Å². The third-order valence-electron chi connectivity index (χ3n) is 2.26. The van der Waals surface area contributed by atoms with E-state index in [1.807, 2.05) is 18.2 Å². The predicted molar refractivity (Wildman–Crippen MR) is 62.7 cm³/mol. The van der Waals surface area contributed by atoms with Crippen molar-refractivity contribution in [1.82, 2.24) is 0 Å². The highest BCUT2D eigenvalue weighted by Crippen LogP contribution is 2.10. The second kappa shape index (κ2) is 5.25. The highest BCUT2D eigenvalue weighted by Gasteiger charge is 2.07. The molecule has 0 N–H and O–H groups in total. The maximum absolute atomic E-state index is 12.9. The summed E-state index contributed by atoms with van der Waals surface area (Å²) in [4.78, 5) is 11.7. The Morgan fingerprint density at radius 2 is 1.82 bits per heavy atom. The third-order valence-corrected chi connectivity index (χ3v) is 2.26. The Morgan fingerprint density at radius 1 is 1.06 bits per heavy atom. The van der Waals surface area contributed by atoms with Crippen molar-refractivity contribution in [2.75, 3.05) is 6.61 Å². The average molecular weight is 230 g/mol. The summed E-state index contributed by atoms with van der Waals surface area (Å²) >= 11 is 0. The molecule has 0 unspecified atom stereocenters. The van der Waals surface area contributed by atoms with E-state index < -0.39 is 5.82 Å². The zero-order valence-corrected chi connectivity index (χ0v) is 9.10. The summed E-state index contributed by atoms with van der Waals surface area (Å²) < 4.78 is 18.2. The minimum Gasteiger partial charge on any atom is -0.485 e. The van der Waals surface area contributed by atoms with Crippen LogP contribution < -0.4 is 4.74 Å². The molecular weight excluding hydrogens is 219 g/mol. The summed E-state index contributed by atoms with van der Waals surface area (Å²) in [6.45, 7) is -0.0898. The van der Waals surface area contributed by atoms with Crippen molar-refractivity contribution in [2.24, 2.45) is 0 Å². The zero-order chi connectivity index (χ0) is 12.1. The predicted octanol–water partition coefficient (Wildman–Crippen LogP) is 3.09. The van der Waals surface area contributed by atoms with Crippen LogP contribution in [0.1, 0.15) is 10.4 Å². The molecule has 86 valence electrons. The molecule has 0 aliphatic heterocycles. The van der Waals surface area contributed by atoms with Crippen molar-refractivity contribution in [2.45, 2.75) is 0 Å². The summed E-state index contributed by atoms with van der Waals surface area (Å²) in [5, 5.41) is 0. The molecule has 2 nitrogen and oxygen atoms in total. The lowest BCUT2D eigenvalue weighted by molar-refractivity contribution is 0.0921. The summed E-state index contributed by atoms with van der Waals surface area (Å²) in [7, 11) is 0. The molecule has 17 heavy (non-hydrogen) atoms. The molecule has 0 saturated carbocycles. The van der Waals surface area contributed by atoms with Crippen LogP contribution in [0.4, 0.5) is 4.39 Å². The maximum atomic E-state index is 12.9. The number of benzene rings is 2. The largest absolute Gasteiger partial charge is 0.485 e. The van der Waals surface area contributed by atoms with Crippen LogP contribution in [-0.4, -0.2) is 12.4 Å². The number of ether oxygens (including phenoxy) is 1. The number of hydrogen-bond acceptors (Lipinski definition) is 2. The van der Waals surface area contributed by atoms with E-state index in [0.717, 1.165) is 0 Å². The van der Waals surface area contributed by atoms with Gasteiger partial charge in [0, 0.05) is 5.56 Å². The summed E-state index contributed by atoms with van der Waals surface area (Å²) in [6.07, 6.45) is 0. The average Bonchev–Trinajstić information content (AvgIpc) is 2.37. The minimum atomic E-state index is -0.421. The van der Waals surface area contributed by atoms with Gasteiger partial charge in [0.25, 0.3) is 0 Å². The van der Waals surface area contributed by atoms with Crippen molar-refractivity contribution in [1.29, 1.82) is 0 Å². The van der Waals surface area contributed by atoms with Crippen LogP contribution in [0.2, 0.25) is 0 Å². The first-order valence-electron chi connectivity index (χ1n) is 5.22. The molecule has 0 radical (unpaired) electrons. The lowest BCUT2D eigenvalue weighted by Crippen LogP contribution is -2.11. The summed E-state index contributed by atoms with van der Waals surface area (Å²) in [5.41, 5.74) is 0.320. The number of Topliss-reactive ketones (excluding diaryl/α,β-unsaturated/α-hetero) is 1. The van der Waals surface area contributed by atoms with Gasteiger partial charge in [-0.2, -0.15) is 0 Å². The highest BCUT2D eigenvalue weighted by molar-refractivity contribution is 5.97. The third kappa shape index (κ3) is 3.14. The molecule has 0 fully saturated rings. The SMILES string of the molecule is O=C(COc1ccccc1)c1cccc(F)c1. The van der Waals surface area contributed by atoms with Crippen LogP contribution in [0.15, 0.2) is 54.6 Å². The van der Waals surface area contributed by atoms with Gasteiger partial charge >= 0.3 is 0 Å². The van der Waals surface area contributed by atoms with Crippen molar-refractivity contribution in [3.05, 3.63) is 66.0 Å². The molecule has 0 aromatic heterocycles.